The molecule has 6 N–H and O–H groups in total. The fraction of sp³-hybridized carbons (Fsp3) is 0.731. The number of hydrogen-bond acceptors (Lipinski definition) is 10. The molecule has 1 aromatic carbocycles. The number of thioether (sulfide) groups is 1. The number of fused-ring (bicyclic) bond motifs is 1. The Bertz CT molecular complexity index is 942. The first-order chi connectivity index (χ1) is 19.1. The van der Waals surface area contributed by atoms with Gasteiger partial charge in [-0.25, -0.2) is 4.39 Å². The van der Waals surface area contributed by atoms with Crippen LogP contribution in [0.25, 0.3) is 0 Å². The fourth-order valence-electron chi connectivity index (χ4n) is 5.46. The van der Waals surface area contributed by atoms with E-state index in [4.69, 9.17) is 21.1 Å². The Balaban J connectivity index is 0.00000141. The second kappa shape index (κ2) is 16.2. The van der Waals surface area contributed by atoms with Crippen LogP contribution < -0.4 is 16.0 Å². The summed E-state index contributed by atoms with van der Waals surface area (Å²) in [5.74, 6) is -0.490. The van der Waals surface area contributed by atoms with Gasteiger partial charge in [0.25, 0.3) is 0 Å². The molecule has 3 saturated heterocycles. The number of aliphatic hydroxyl groups excluding tert-OH is 3. The van der Waals surface area contributed by atoms with Crippen LogP contribution >= 0.6 is 35.5 Å². The monoisotopic (exact) mass is 627 g/mol. The first-order valence-electron chi connectivity index (χ1n) is 13.3. The Morgan fingerprint density at radius 3 is 2.58 bits per heavy atom. The van der Waals surface area contributed by atoms with Crippen molar-refractivity contribution in [1.29, 1.82) is 0 Å². The van der Waals surface area contributed by atoms with Gasteiger partial charge in [0.15, 0.2) is 0 Å². The molecule has 14 heteroatoms. The minimum atomic E-state index is -1.43. The summed E-state index contributed by atoms with van der Waals surface area (Å²) in [6.45, 7) is 3.14. The molecule has 0 aromatic heterocycles. The van der Waals surface area contributed by atoms with Crippen LogP contribution in [0.2, 0.25) is 0 Å². The highest BCUT2D eigenvalue weighted by molar-refractivity contribution is 7.99. The van der Waals surface area contributed by atoms with Gasteiger partial charge in [-0.15, -0.1) is 23.4 Å². The van der Waals surface area contributed by atoms with Crippen molar-refractivity contribution >= 4 is 41.4 Å². The zero-order chi connectivity index (χ0) is 29.4. The van der Waals surface area contributed by atoms with Crippen molar-refractivity contribution in [2.45, 2.75) is 85.8 Å². The molecular formula is C26H40ClF2N3O6S2. The van der Waals surface area contributed by atoms with Gasteiger partial charge >= 0.3 is 0 Å². The molecule has 4 rings (SSSR count). The lowest BCUT2D eigenvalue weighted by Crippen LogP contribution is -2.65. The predicted molar refractivity (Wildman–Crippen MR) is 153 cm³/mol. The number of amides is 1. The highest BCUT2D eigenvalue weighted by Crippen LogP contribution is 2.31. The molecule has 40 heavy (non-hydrogen) atoms. The van der Waals surface area contributed by atoms with Crippen LogP contribution in [0.4, 0.5) is 8.28 Å². The van der Waals surface area contributed by atoms with Crippen molar-refractivity contribution in [2.24, 2.45) is 5.92 Å². The lowest BCUT2D eigenvalue weighted by molar-refractivity contribution is -0.205. The SMILES string of the molecule is CSC1O[C@H]([C@H](NC(=O)[C@H]2NC[C@@H]3CC(NCc4ccccc4F)CCO[C@H]32)[C@H](C)Cl)C(O)[C@@H](O)[C@H]1O.CSF. The number of carbonyl (C=O) groups excluding carboxylic acids is 1. The van der Waals surface area contributed by atoms with Crippen LogP contribution in [0.3, 0.4) is 0 Å². The second-order valence-corrected chi connectivity index (χ2v) is 12.2. The van der Waals surface area contributed by atoms with E-state index in [0.717, 1.165) is 12.8 Å². The maximum atomic E-state index is 14.0. The molecular weight excluding hydrogens is 588 g/mol. The van der Waals surface area contributed by atoms with Crippen LogP contribution in [0.1, 0.15) is 25.3 Å². The van der Waals surface area contributed by atoms with E-state index in [-0.39, 0.29) is 41.9 Å². The van der Waals surface area contributed by atoms with Gasteiger partial charge in [0, 0.05) is 55.6 Å². The third-order valence-electron chi connectivity index (χ3n) is 7.58. The van der Waals surface area contributed by atoms with Crippen molar-refractivity contribution in [1.82, 2.24) is 16.0 Å². The molecule has 1 aromatic rings. The van der Waals surface area contributed by atoms with Crippen LogP contribution in [-0.2, 0) is 20.8 Å². The van der Waals surface area contributed by atoms with E-state index in [1.54, 1.807) is 25.3 Å². The van der Waals surface area contributed by atoms with Gasteiger partial charge in [-0.2, -0.15) is 3.89 Å². The number of rotatable bonds is 8. The molecule has 0 spiro atoms. The standard InChI is InChI=1S/C25H37ClFN3O6S.CH3FS/c1-12(26)17(23-20(32)19(31)21(33)25(36-23)37-2)30-24(34)18-22-14(11-29-18)9-15(7-8-35-22)28-10-13-5-3-4-6-16(13)27;1-3-2/h3-6,12,14-15,17-23,25,28-29,31-33H,7-11H2,1-2H3,(H,30,34);1H3/t12-,14-,15?,17+,18-,19+,20?,21+,22+,23+,25?;/m0./s1. The normalized spacial score (nSPS) is 35.5. The largest absolute Gasteiger partial charge is 0.388 e. The second-order valence-electron chi connectivity index (χ2n) is 10.2. The summed E-state index contributed by atoms with van der Waals surface area (Å²) in [5.41, 5.74) is -0.160. The van der Waals surface area contributed by atoms with Crippen molar-refractivity contribution in [3.8, 4) is 0 Å². The first-order valence-corrected chi connectivity index (χ1v) is 16.1. The molecule has 3 unspecified atom stereocenters. The third kappa shape index (κ3) is 8.42. The number of nitrogens with one attached hydrogen (secondary N) is 3. The molecule has 0 bridgehead atoms. The number of halogens is 3. The summed E-state index contributed by atoms with van der Waals surface area (Å²) in [6, 6.07) is 5.37. The van der Waals surface area contributed by atoms with E-state index in [1.807, 2.05) is 6.07 Å². The highest BCUT2D eigenvalue weighted by Gasteiger charge is 2.49. The van der Waals surface area contributed by atoms with Crippen LogP contribution in [0, 0.1) is 11.7 Å². The Morgan fingerprint density at radius 2 is 1.93 bits per heavy atom. The number of alkyl halides is 1. The van der Waals surface area contributed by atoms with Gasteiger partial charge in [-0.05, 0) is 32.1 Å². The Labute approximate surface area is 247 Å². The van der Waals surface area contributed by atoms with Gasteiger partial charge < -0.3 is 40.7 Å². The number of aliphatic hydroxyl groups is 3. The van der Waals surface area contributed by atoms with E-state index < -0.39 is 47.3 Å². The average molecular weight is 628 g/mol. The molecule has 3 aliphatic heterocycles. The van der Waals surface area contributed by atoms with Crippen molar-refractivity contribution in [2.75, 3.05) is 25.7 Å². The smallest absolute Gasteiger partial charge is 0.240 e. The van der Waals surface area contributed by atoms with E-state index in [9.17, 15) is 28.4 Å². The molecule has 3 aliphatic rings. The molecule has 1 amide bonds. The molecule has 228 valence electrons. The van der Waals surface area contributed by atoms with Crippen LogP contribution in [-0.4, -0.2) is 106 Å². The maximum Gasteiger partial charge on any atom is 0.240 e. The molecule has 9 nitrogen and oxygen atoms in total. The summed E-state index contributed by atoms with van der Waals surface area (Å²) in [6.07, 6.45) is -0.868. The Kier molecular flexibility index (Phi) is 13.7. The van der Waals surface area contributed by atoms with Crippen LogP contribution in [0.5, 0.6) is 0 Å². The van der Waals surface area contributed by atoms with E-state index >= 15 is 0 Å². The summed E-state index contributed by atoms with van der Waals surface area (Å²) >= 11 is 7.85. The third-order valence-corrected chi connectivity index (χ3v) is 8.70. The Morgan fingerprint density at radius 1 is 1.23 bits per heavy atom. The molecule has 0 saturated carbocycles. The van der Waals surface area contributed by atoms with Gasteiger partial charge in [0.2, 0.25) is 5.91 Å². The lowest BCUT2D eigenvalue weighted by atomic mass is 9.92. The van der Waals surface area contributed by atoms with Crippen LogP contribution in [0.15, 0.2) is 24.3 Å². The van der Waals surface area contributed by atoms with Crippen molar-refractivity contribution in [3.63, 3.8) is 0 Å². The minimum Gasteiger partial charge on any atom is -0.388 e. The minimum absolute atomic E-state index is 0.0811. The Hall–Kier alpha value is -0.740. The van der Waals surface area contributed by atoms with Gasteiger partial charge in [0.1, 0.15) is 41.7 Å². The van der Waals surface area contributed by atoms with Crippen molar-refractivity contribution in [3.05, 3.63) is 35.6 Å². The number of hydrogen-bond donors (Lipinski definition) is 6. The zero-order valence-corrected chi connectivity index (χ0v) is 25.1. The highest BCUT2D eigenvalue weighted by atomic mass is 35.5. The summed E-state index contributed by atoms with van der Waals surface area (Å²) in [5, 5.41) is 40.1. The quantitative estimate of drug-likeness (QED) is 0.236. The lowest BCUT2D eigenvalue weighted by Gasteiger charge is -2.44. The molecule has 0 radical (unpaired) electrons. The first kappa shape index (κ1) is 33.8. The van der Waals surface area contributed by atoms with E-state index in [1.165, 1.54) is 24.1 Å². The van der Waals surface area contributed by atoms with Gasteiger partial charge in [0.05, 0.1) is 17.5 Å². The van der Waals surface area contributed by atoms with Gasteiger partial charge in [-0.1, -0.05) is 18.2 Å². The average Bonchev–Trinajstić information content (AvgIpc) is 3.21. The number of ether oxygens (including phenoxy) is 2. The zero-order valence-electron chi connectivity index (χ0n) is 22.7. The van der Waals surface area contributed by atoms with Gasteiger partial charge in [-0.3, -0.25) is 4.79 Å². The fourth-order valence-corrected chi connectivity index (χ4v) is 6.35. The molecule has 3 heterocycles. The van der Waals surface area contributed by atoms with Crippen molar-refractivity contribution < 1.29 is 37.9 Å². The summed E-state index contributed by atoms with van der Waals surface area (Å²) in [4.78, 5) is 13.4. The summed E-state index contributed by atoms with van der Waals surface area (Å²) < 4.78 is 36.2. The van der Waals surface area contributed by atoms with E-state index in [2.05, 4.69) is 16.0 Å². The number of benzene rings is 1. The topological polar surface area (TPSA) is 132 Å². The van der Waals surface area contributed by atoms with E-state index in [0.29, 0.717) is 25.3 Å². The maximum absolute atomic E-state index is 14.0. The number of carbonyl (C=O) groups is 1. The summed E-state index contributed by atoms with van der Waals surface area (Å²) in [7, 11) is 0. The molecule has 11 atom stereocenters. The molecule has 0 aliphatic carbocycles. The predicted octanol–water partition coefficient (Wildman–Crippen LogP) is 1.57. The molecule has 3 fully saturated rings.